The topological polar surface area (TPSA) is 270 Å². The lowest BCUT2D eigenvalue weighted by molar-refractivity contribution is -0.218. The Hall–Kier alpha value is -4.33. The summed E-state index contributed by atoms with van der Waals surface area (Å²) in [5.41, 5.74) is 9.37. The van der Waals surface area contributed by atoms with E-state index in [1.165, 1.54) is 43.5 Å². The van der Waals surface area contributed by atoms with Gasteiger partial charge < -0.3 is 31.5 Å². The van der Waals surface area contributed by atoms with Gasteiger partial charge in [0.1, 0.15) is 29.9 Å². The number of hydrogen-bond donors (Lipinski definition) is 6. The molecule has 0 spiro atoms. The first-order valence-corrected chi connectivity index (χ1v) is 12.9. The van der Waals surface area contributed by atoms with E-state index >= 15 is 0 Å². The Balaban J connectivity index is 1.76. The number of oxime groups is 1. The van der Waals surface area contributed by atoms with Crippen molar-refractivity contribution in [1.29, 1.82) is 5.41 Å². The molecule has 1 aliphatic rings. The first-order valence-electron chi connectivity index (χ1n) is 10.7. The minimum Gasteiger partial charge on any atom is -0.489 e. The van der Waals surface area contributed by atoms with Crippen LogP contribution < -0.4 is 21.5 Å². The monoisotopic (exact) mass is 585 g/mol. The lowest BCUT2D eigenvalue weighted by atomic mass is 9.84. The quantitative estimate of drug-likeness (QED) is 0.0580. The third-order valence-electron chi connectivity index (χ3n) is 5.21. The van der Waals surface area contributed by atoms with Gasteiger partial charge in [-0.1, -0.05) is 5.16 Å². The first-order chi connectivity index (χ1) is 18.1. The van der Waals surface area contributed by atoms with Crippen LogP contribution in [0.2, 0.25) is 0 Å². The third kappa shape index (κ3) is 6.96. The number of carboxylic acid groups (broad SMARTS) is 1. The summed E-state index contributed by atoms with van der Waals surface area (Å²) < 4.78 is 40.5. The number of anilines is 1. The van der Waals surface area contributed by atoms with Gasteiger partial charge >= 0.3 is 16.4 Å². The van der Waals surface area contributed by atoms with Gasteiger partial charge in [0.25, 0.3) is 17.9 Å². The smallest absolute Gasteiger partial charge is 0.418 e. The first kappa shape index (κ1) is 29.2. The van der Waals surface area contributed by atoms with Gasteiger partial charge in [-0.25, -0.2) is 9.78 Å². The highest BCUT2D eigenvalue weighted by Crippen LogP contribution is 2.33. The summed E-state index contributed by atoms with van der Waals surface area (Å²) in [6, 6.07) is 4.58. The van der Waals surface area contributed by atoms with Crippen molar-refractivity contribution in [2.24, 2.45) is 10.9 Å². The molecule has 0 radical (unpaired) electrons. The van der Waals surface area contributed by atoms with E-state index in [1.807, 2.05) is 0 Å². The zero-order chi connectivity index (χ0) is 29.1. The van der Waals surface area contributed by atoms with Gasteiger partial charge in [-0.3, -0.25) is 19.6 Å². The van der Waals surface area contributed by atoms with Crippen LogP contribution in [-0.2, 0) is 33.9 Å². The molecule has 19 heteroatoms. The predicted octanol–water partition coefficient (Wildman–Crippen LogP) is -0.898. The zero-order valence-corrected chi connectivity index (χ0v) is 21.9. The average molecular weight is 586 g/mol. The molecule has 2 amide bonds. The van der Waals surface area contributed by atoms with Crippen LogP contribution in [0.3, 0.4) is 0 Å². The van der Waals surface area contributed by atoms with Crippen LogP contribution in [0.5, 0.6) is 5.75 Å². The highest BCUT2D eigenvalue weighted by molar-refractivity contribution is 7.80. The molecular weight excluding hydrogens is 562 g/mol. The number of benzene rings is 1. The lowest BCUT2D eigenvalue weighted by Gasteiger charge is -2.50. The van der Waals surface area contributed by atoms with Crippen molar-refractivity contribution in [2.75, 3.05) is 12.3 Å². The number of nitrogens with one attached hydrogen (secondary N) is 2. The Morgan fingerprint density at radius 3 is 2.46 bits per heavy atom. The molecule has 1 aromatic carbocycles. The number of thiazole rings is 1. The number of aliphatic carboxylic acids is 1. The van der Waals surface area contributed by atoms with Crippen molar-refractivity contribution in [3.8, 4) is 5.75 Å². The van der Waals surface area contributed by atoms with Gasteiger partial charge in [0.2, 0.25) is 0 Å². The summed E-state index contributed by atoms with van der Waals surface area (Å²) in [5, 5.41) is 24.6. The number of amidine groups is 1. The fourth-order valence-electron chi connectivity index (χ4n) is 3.19. The van der Waals surface area contributed by atoms with E-state index in [-0.39, 0.29) is 22.4 Å². The Labute approximate surface area is 224 Å². The second-order valence-corrected chi connectivity index (χ2v) is 10.3. The van der Waals surface area contributed by atoms with Crippen molar-refractivity contribution in [3.63, 3.8) is 0 Å². The average Bonchev–Trinajstić information content (AvgIpc) is 3.28. The highest BCUT2D eigenvalue weighted by atomic mass is 32.3. The Kier molecular flexibility index (Phi) is 8.39. The molecule has 0 aliphatic carbocycles. The molecule has 3 rings (SSSR count). The van der Waals surface area contributed by atoms with E-state index in [4.69, 9.17) is 31.0 Å². The Morgan fingerprint density at radius 1 is 1.33 bits per heavy atom. The van der Waals surface area contributed by atoms with Crippen molar-refractivity contribution in [1.82, 2.24) is 15.4 Å². The number of amides is 2. The summed E-state index contributed by atoms with van der Waals surface area (Å²) in [5.74, 6) is -3.45. The van der Waals surface area contributed by atoms with Crippen LogP contribution in [0.1, 0.15) is 25.1 Å². The summed E-state index contributed by atoms with van der Waals surface area (Å²) in [7, 11) is -5.01. The number of hydroxylamine groups is 2. The number of carbonyl (C=O) groups excluding carboxylic acids is 2. The van der Waals surface area contributed by atoms with E-state index in [9.17, 15) is 27.9 Å². The van der Waals surface area contributed by atoms with Crippen LogP contribution in [0, 0.1) is 5.41 Å². The summed E-state index contributed by atoms with van der Waals surface area (Å²) in [4.78, 5) is 46.1. The lowest BCUT2D eigenvalue weighted by Crippen LogP contribution is -2.76. The van der Waals surface area contributed by atoms with Crippen molar-refractivity contribution >= 4 is 56.2 Å². The molecule has 39 heavy (non-hydrogen) atoms. The molecule has 2 atom stereocenters. The molecule has 2 aromatic rings. The Morgan fingerprint density at radius 2 is 1.97 bits per heavy atom. The number of aromatic nitrogens is 1. The number of hydrogen-bond acceptors (Lipinski definition) is 13. The third-order valence-corrected chi connectivity index (χ3v) is 6.23. The molecule has 2 heterocycles. The number of carbonyl (C=O) groups is 3. The van der Waals surface area contributed by atoms with Gasteiger partial charge in [-0.15, -0.1) is 15.6 Å². The van der Waals surface area contributed by atoms with Crippen LogP contribution in [0.25, 0.3) is 0 Å². The largest absolute Gasteiger partial charge is 0.489 e. The predicted molar refractivity (Wildman–Crippen MR) is 134 cm³/mol. The van der Waals surface area contributed by atoms with E-state index in [0.29, 0.717) is 10.6 Å². The van der Waals surface area contributed by atoms with Gasteiger partial charge in [0, 0.05) is 10.9 Å². The molecule has 0 bridgehead atoms. The van der Waals surface area contributed by atoms with E-state index < -0.39 is 58.2 Å². The van der Waals surface area contributed by atoms with Crippen molar-refractivity contribution in [2.45, 2.75) is 31.5 Å². The second kappa shape index (κ2) is 11.2. The SMILES string of the molecule is CC1(C)[C@H](NC(=O)/C(=N\O[C@@H](COc2ccc(C(=N)N)cc2)C(=O)O)c2csc(N)n2)C(=O)N1OS(=O)(=O)O. The minimum absolute atomic E-state index is 0.0467. The summed E-state index contributed by atoms with van der Waals surface area (Å²) >= 11 is 0.943. The number of rotatable bonds is 12. The minimum atomic E-state index is -5.01. The standard InChI is InChI=1S/C20H23N7O10S2/c1-20(2)14(17(29)27(20)37-39(32,33)34)25-16(28)13(11-8-38-19(23)24-11)26-36-12(18(30)31)7-35-10-5-3-9(4-6-10)15(21)22/h3-6,8,12,14H,7H2,1-2H3,(H3,21,22)(H2,23,24)(H,25,28)(H,30,31)(H,32,33,34)/b26-13-/t12-,14+/m0/s1. The molecule has 1 aliphatic heterocycles. The number of β-lactam (4-membered cyclic amide) rings is 1. The van der Waals surface area contributed by atoms with Gasteiger partial charge in [-0.2, -0.15) is 13.5 Å². The fourth-order valence-corrected chi connectivity index (χ4v) is 4.19. The second-order valence-electron chi connectivity index (χ2n) is 8.39. The molecular formula is C20H23N7O10S2. The van der Waals surface area contributed by atoms with E-state index in [1.54, 1.807) is 0 Å². The molecule has 1 fully saturated rings. The van der Waals surface area contributed by atoms with Crippen molar-refractivity contribution in [3.05, 3.63) is 40.9 Å². The maximum absolute atomic E-state index is 13.0. The molecule has 8 N–H and O–H groups in total. The summed E-state index contributed by atoms with van der Waals surface area (Å²) in [6.45, 7) is 2.15. The maximum Gasteiger partial charge on any atom is 0.418 e. The number of carboxylic acids is 1. The molecule has 0 unspecified atom stereocenters. The van der Waals surface area contributed by atoms with E-state index in [0.717, 1.165) is 11.3 Å². The molecule has 1 aromatic heterocycles. The number of nitrogen functional groups attached to an aromatic ring is 2. The fraction of sp³-hybridized carbons (Fsp3) is 0.300. The highest BCUT2D eigenvalue weighted by Gasteiger charge is 2.58. The van der Waals surface area contributed by atoms with Gasteiger partial charge in [-0.05, 0) is 38.1 Å². The van der Waals surface area contributed by atoms with Crippen LogP contribution in [0.4, 0.5) is 5.13 Å². The molecule has 210 valence electrons. The number of ether oxygens (including phenoxy) is 1. The van der Waals surface area contributed by atoms with E-state index in [2.05, 4.69) is 19.7 Å². The molecule has 17 nitrogen and oxygen atoms in total. The van der Waals surface area contributed by atoms with Crippen molar-refractivity contribution < 1.29 is 46.3 Å². The van der Waals surface area contributed by atoms with Crippen LogP contribution >= 0.6 is 11.3 Å². The number of nitrogens with zero attached hydrogens (tertiary/aromatic N) is 3. The normalized spacial score (nSPS) is 17.6. The molecule has 1 saturated heterocycles. The van der Waals surface area contributed by atoms with Gasteiger partial charge in [0.05, 0.1) is 5.54 Å². The number of nitrogens with two attached hydrogens (primary N) is 2. The van der Waals surface area contributed by atoms with Crippen LogP contribution in [0.15, 0.2) is 34.8 Å². The summed E-state index contributed by atoms with van der Waals surface area (Å²) in [6.07, 6.45) is -1.70. The maximum atomic E-state index is 13.0. The van der Waals surface area contributed by atoms with Crippen LogP contribution in [-0.4, -0.2) is 81.7 Å². The zero-order valence-electron chi connectivity index (χ0n) is 20.2. The Bertz CT molecular complexity index is 1420. The van der Waals surface area contributed by atoms with Gasteiger partial charge in [0.15, 0.2) is 10.8 Å². The molecule has 0 saturated carbocycles.